The van der Waals surface area contributed by atoms with E-state index in [-0.39, 0.29) is 18.3 Å². The van der Waals surface area contributed by atoms with Crippen LogP contribution >= 0.6 is 0 Å². The quantitative estimate of drug-likeness (QED) is 0.759. The summed E-state index contributed by atoms with van der Waals surface area (Å²) in [5.41, 5.74) is 1.47. The maximum absolute atomic E-state index is 12.3. The number of amides is 1. The number of ether oxygens (including phenoxy) is 2. The summed E-state index contributed by atoms with van der Waals surface area (Å²) in [5, 5.41) is 0. The second-order valence-corrected chi connectivity index (χ2v) is 4.26. The number of hydrogen-bond donors (Lipinski definition) is 0. The molecule has 0 aliphatic carbocycles. The molecule has 0 saturated heterocycles. The Morgan fingerprint density at radius 2 is 1.95 bits per heavy atom. The van der Waals surface area contributed by atoms with E-state index in [1.807, 2.05) is 13.0 Å². The first-order chi connectivity index (χ1) is 8.99. The Kier molecular flexibility index (Phi) is 5.36. The predicted molar refractivity (Wildman–Crippen MR) is 71.3 cm³/mol. The number of rotatable bonds is 5. The van der Waals surface area contributed by atoms with Gasteiger partial charge in [-0.25, -0.2) is 0 Å². The van der Waals surface area contributed by atoms with Crippen LogP contribution in [0, 0.1) is 6.92 Å². The molecular formula is C14H19NO4. The molecule has 0 radical (unpaired) electrons. The summed E-state index contributed by atoms with van der Waals surface area (Å²) in [7, 11) is 4.50. The number of carbonyl (C=O) groups excluding carboxylic acids is 2. The van der Waals surface area contributed by atoms with Crippen LogP contribution in [0.3, 0.4) is 0 Å². The van der Waals surface area contributed by atoms with E-state index in [2.05, 4.69) is 4.74 Å². The first kappa shape index (κ1) is 15.0. The van der Waals surface area contributed by atoms with E-state index in [9.17, 15) is 9.59 Å². The maximum Gasteiger partial charge on any atom is 0.307 e. The summed E-state index contributed by atoms with van der Waals surface area (Å²) in [6.07, 6.45) is 0.173. The van der Waals surface area contributed by atoms with Crippen molar-refractivity contribution in [3.05, 3.63) is 29.3 Å². The van der Waals surface area contributed by atoms with Gasteiger partial charge in [-0.05, 0) is 19.1 Å². The average Bonchev–Trinajstić information content (AvgIpc) is 2.43. The first-order valence-corrected chi connectivity index (χ1v) is 5.96. The highest BCUT2D eigenvalue weighted by Gasteiger charge is 2.17. The summed E-state index contributed by atoms with van der Waals surface area (Å²) in [6.45, 7) is 2.22. The molecule has 0 unspecified atom stereocenters. The number of aryl methyl sites for hydroxylation is 1. The standard InChI is InChI=1S/C14H19NO4/c1-10-5-6-12(18-3)11(9-10)14(17)15(2)8-7-13(16)19-4/h5-6,9H,7-8H2,1-4H3. The molecule has 0 atom stereocenters. The van der Waals surface area contributed by atoms with Gasteiger partial charge in [0.2, 0.25) is 0 Å². The molecule has 5 heteroatoms. The zero-order valence-corrected chi connectivity index (χ0v) is 11.7. The number of esters is 1. The van der Waals surface area contributed by atoms with Crippen LogP contribution in [0.4, 0.5) is 0 Å². The van der Waals surface area contributed by atoms with E-state index in [4.69, 9.17) is 4.74 Å². The van der Waals surface area contributed by atoms with Gasteiger partial charge in [0.25, 0.3) is 5.91 Å². The highest BCUT2D eigenvalue weighted by atomic mass is 16.5. The Hall–Kier alpha value is -2.04. The smallest absolute Gasteiger partial charge is 0.307 e. The number of benzene rings is 1. The molecule has 0 aromatic heterocycles. The van der Waals surface area contributed by atoms with E-state index >= 15 is 0 Å². The lowest BCUT2D eigenvalue weighted by Gasteiger charge is -2.18. The molecule has 19 heavy (non-hydrogen) atoms. The van der Waals surface area contributed by atoms with Crippen molar-refractivity contribution >= 4 is 11.9 Å². The third-order valence-electron chi connectivity index (χ3n) is 2.81. The molecule has 5 nitrogen and oxygen atoms in total. The third-order valence-corrected chi connectivity index (χ3v) is 2.81. The largest absolute Gasteiger partial charge is 0.496 e. The molecule has 1 aromatic rings. The number of hydrogen-bond acceptors (Lipinski definition) is 4. The molecule has 0 spiro atoms. The third kappa shape index (κ3) is 3.98. The number of carbonyl (C=O) groups is 2. The molecule has 0 fully saturated rings. The zero-order valence-electron chi connectivity index (χ0n) is 11.7. The van der Waals surface area contributed by atoms with Crippen LogP contribution in [0.2, 0.25) is 0 Å². The summed E-state index contributed by atoms with van der Waals surface area (Å²) >= 11 is 0. The highest BCUT2D eigenvalue weighted by molar-refractivity contribution is 5.97. The summed E-state index contributed by atoms with van der Waals surface area (Å²) in [4.78, 5) is 24.8. The Balaban J connectivity index is 2.81. The van der Waals surface area contributed by atoms with Crippen LogP contribution in [0.5, 0.6) is 5.75 Å². The average molecular weight is 265 g/mol. The molecule has 104 valence electrons. The molecule has 1 aromatic carbocycles. The molecule has 1 rings (SSSR count). The lowest BCUT2D eigenvalue weighted by atomic mass is 10.1. The van der Waals surface area contributed by atoms with Gasteiger partial charge in [0.1, 0.15) is 5.75 Å². The lowest BCUT2D eigenvalue weighted by molar-refractivity contribution is -0.140. The summed E-state index contributed by atoms with van der Waals surface area (Å²) in [5.74, 6) is 0.0147. The molecule has 0 saturated carbocycles. The van der Waals surface area contributed by atoms with Crippen LogP contribution in [0.15, 0.2) is 18.2 Å². The Labute approximate surface area is 113 Å². The van der Waals surface area contributed by atoms with E-state index in [1.165, 1.54) is 19.1 Å². The summed E-state index contributed by atoms with van der Waals surface area (Å²) in [6, 6.07) is 5.41. The van der Waals surface area contributed by atoms with Crippen molar-refractivity contribution in [1.29, 1.82) is 0 Å². The topological polar surface area (TPSA) is 55.8 Å². The normalized spacial score (nSPS) is 9.89. The fraction of sp³-hybridized carbons (Fsp3) is 0.429. The van der Waals surface area contributed by atoms with Crippen molar-refractivity contribution < 1.29 is 19.1 Å². The molecular weight excluding hydrogens is 246 g/mol. The van der Waals surface area contributed by atoms with Crippen molar-refractivity contribution in [3.63, 3.8) is 0 Å². The fourth-order valence-electron chi connectivity index (χ4n) is 1.66. The second kappa shape index (κ2) is 6.78. The second-order valence-electron chi connectivity index (χ2n) is 4.26. The van der Waals surface area contributed by atoms with E-state index < -0.39 is 0 Å². The Morgan fingerprint density at radius 3 is 2.53 bits per heavy atom. The monoisotopic (exact) mass is 265 g/mol. The van der Waals surface area contributed by atoms with Gasteiger partial charge in [-0.2, -0.15) is 0 Å². The molecule has 0 N–H and O–H groups in total. The van der Waals surface area contributed by atoms with E-state index in [0.717, 1.165) is 5.56 Å². The molecule has 0 aliphatic rings. The minimum absolute atomic E-state index is 0.173. The minimum atomic E-state index is -0.337. The van der Waals surface area contributed by atoms with Crippen LogP contribution in [0.1, 0.15) is 22.3 Å². The van der Waals surface area contributed by atoms with Crippen molar-refractivity contribution in [2.24, 2.45) is 0 Å². The SMILES string of the molecule is COC(=O)CCN(C)C(=O)c1cc(C)ccc1OC. The first-order valence-electron chi connectivity index (χ1n) is 5.96. The summed E-state index contributed by atoms with van der Waals surface area (Å²) < 4.78 is 9.73. The van der Waals surface area contributed by atoms with Gasteiger partial charge in [-0.1, -0.05) is 11.6 Å². The fourth-order valence-corrected chi connectivity index (χ4v) is 1.66. The van der Waals surface area contributed by atoms with E-state index in [1.54, 1.807) is 19.2 Å². The van der Waals surface area contributed by atoms with E-state index in [0.29, 0.717) is 17.9 Å². The zero-order chi connectivity index (χ0) is 14.4. The van der Waals surface area contributed by atoms with Gasteiger partial charge in [0.15, 0.2) is 0 Å². The molecule has 0 heterocycles. The molecule has 0 bridgehead atoms. The lowest BCUT2D eigenvalue weighted by Crippen LogP contribution is -2.29. The number of nitrogens with zero attached hydrogens (tertiary/aromatic N) is 1. The van der Waals surface area contributed by atoms with Crippen molar-refractivity contribution in [3.8, 4) is 5.75 Å². The van der Waals surface area contributed by atoms with Gasteiger partial charge in [0.05, 0.1) is 26.2 Å². The van der Waals surface area contributed by atoms with Gasteiger partial charge < -0.3 is 14.4 Å². The van der Waals surface area contributed by atoms with Crippen LogP contribution in [0.25, 0.3) is 0 Å². The Bertz CT molecular complexity index is 471. The van der Waals surface area contributed by atoms with Gasteiger partial charge in [-0.3, -0.25) is 9.59 Å². The van der Waals surface area contributed by atoms with Gasteiger partial charge >= 0.3 is 5.97 Å². The van der Waals surface area contributed by atoms with Crippen molar-refractivity contribution in [2.45, 2.75) is 13.3 Å². The highest BCUT2D eigenvalue weighted by Crippen LogP contribution is 2.21. The van der Waals surface area contributed by atoms with Crippen LogP contribution < -0.4 is 4.74 Å². The Morgan fingerprint density at radius 1 is 1.26 bits per heavy atom. The predicted octanol–water partition coefficient (Wildman–Crippen LogP) is 1.64. The van der Waals surface area contributed by atoms with Gasteiger partial charge in [-0.15, -0.1) is 0 Å². The van der Waals surface area contributed by atoms with Crippen LogP contribution in [-0.2, 0) is 9.53 Å². The number of methoxy groups -OCH3 is 2. The molecule has 0 aliphatic heterocycles. The molecule has 1 amide bonds. The van der Waals surface area contributed by atoms with Crippen molar-refractivity contribution in [2.75, 3.05) is 27.8 Å². The van der Waals surface area contributed by atoms with Crippen LogP contribution in [-0.4, -0.2) is 44.6 Å². The maximum atomic E-state index is 12.3. The minimum Gasteiger partial charge on any atom is -0.496 e. The van der Waals surface area contributed by atoms with Crippen molar-refractivity contribution in [1.82, 2.24) is 4.90 Å². The van der Waals surface area contributed by atoms with Gasteiger partial charge in [0, 0.05) is 13.6 Å².